The molecule has 1 atom stereocenters. The van der Waals surface area contributed by atoms with Crippen LogP contribution in [0.4, 0.5) is 0 Å². The molecule has 0 heterocycles. The van der Waals surface area contributed by atoms with E-state index in [4.69, 9.17) is 4.65 Å². The predicted molar refractivity (Wildman–Crippen MR) is 129 cm³/mol. The van der Waals surface area contributed by atoms with Crippen LogP contribution in [0.25, 0.3) is 0 Å². The molecule has 0 aliphatic heterocycles. The summed E-state index contributed by atoms with van der Waals surface area (Å²) in [6.07, 6.45) is 11.9. The Morgan fingerprint density at radius 3 is 2.11 bits per heavy atom. The second-order valence-electron chi connectivity index (χ2n) is 9.16. The monoisotopic (exact) mass is 439 g/mol. The van der Waals surface area contributed by atoms with E-state index in [1.54, 1.807) is 0 Å². The van der Waals surface area contributed by atoms with E-state index in [-0.39, 0.29) is 11.4 Å². The molecule has 27 heavy (non-hydrogen) atoms. The molecule has 0 amide bonds. The Morgan fingerprint density at radius 1 is 1.00 bits per heavy atom. The highest BCUT2D eigenvalue weighted by Crippen LogP contribution is 2.50. The molecule has 0 bridgehead atoms. The van der Waals surface area contributed by atoms with Gasteiger partial charge in [-0.2, -0.15) is 0 Å². The van der Waals surface area contributed by atoms with E-state index in [0.717, 1.165) is 12.8 Å². The summed E-state index contributed by atoms with van der Waals surface area (Å²) in [7, 11) is 0. The highest BCUT2D eigenvalue weighted by atomic mass is 79.9. The summed E-state index contributed by atoms with van der Waals surface area (Å²) in [5, 5.41) is -0.0409. The summed E-state index contributed by atoms with van der Waals surface area (Å²) < 4.78 is 7.86. The van der Waals surface area contributed by atoms with Gasteiger partial charge in [-0.15, -0.1) is 21.7 Å². The molecule has 0 radical (unpaired) electrons. The van der Waals surface area contributed by atoms with E-state index in [2.05, 4.69) is 89.1 Å². The molecule has 3 heteroatoms. The zero-order valence-corrected chi connectivity index (χ0v) is 21.0. The second kappa shape index (κ2) is 13.9. The van der Waals surface area contributed by atoms with Crippen molar-refractivity contribution in [1.29, 1.82) is 0 Å². The molecule has 0 rings (SSSR count). The number of allylic oxidation sites excluding steroid dienone is 1. The maximum absolute atomic E-state index is 6.68. The predicted octanol–water partition coefficient (Wildman–Crippen LogP) is 8.70. The fourth-order valence-corrected chi connectivity index (χ4v) is 4.46. The standard InChI is InChI=1S/C24H45BBrO/c1-9-11-13-15-17-19-23(26)25(27-22(5)6,24(7,8)21(3)4)20-18-16-14-12-10-2/h19,21-22H,9-17H2,1-8H3/q-1/b23-19-. The van der Waals surface area contributed by atoms with Gasteiger partial charge in [0.25, 0.3) is 0 Å². The van der Waals surface area contributed by atoms with Gasteiger partial charge in [-0.05, 0) is 33.1 Å². The van der Waals surface area contributed by atoms with Crippen molar-refractivity contribution in [3.8, 4) is 11.7 Å². The first-order chi connectivity index (χ1) is 12.7. The van der Waals surface area contributed by atoms with Crippen molar-refractivity contribution in [3.05, 3.63) is 10.5 Å². The Balaban J connectivity index is 5.79. The molecule has 0 spiro atoms. The van der Waals surface area contributed by atoms with Crippen LogP contribution in [0.2, 0.25) is 5.31 Å². The first kappa shape index (κ1) is 26.8. The molecule has 0 aromatic rings. The van der Waals surface area contributed by atoms with Crippen molar-refractivity contribution >= 4 is 22.3 Å². The second-order valence-corrected chi connectivity index (χ2v) is 10.1. The normalized spacial score (nSPS) is 15.0. The molecule has 0 aromatic heterocycles. The van der Waals surface area contributed by atoms with Crippen molar-refractivity contribution in [2.24, 2.45) is 5.92 Å². The smallest absolute Gasteiger partial charge is 0.225 e. The van der Waals surface area contributed by atoms with Gasteiger partial charge in [0.15, 0.2) is 0 Å². The first-order valence-corrected chi connectivity index (χ1v) is 12.1. The van der Waals surface area contributed by atoms with Gasteiger partial charge < -0.3 is 4.65 Å². The summed E-state index contributed by atoms with van der Waals surface area (Å²) >= 11 is 3.95. The van der Waals surface area contributed by atoms with Gasteiger partial charge in [0.1, 0.15) is 0 Å². The highest BCUT2D eigenvalue weighted by molar-refractivity contribution is 9.12. The fraction of sp³-hybridized carbons (Fsp3) is 0.833. The van der Waals surface area contributed by atoms with Crippen LogP contribution in [0.15, 0.2) is 10.5 Å². The third-order valence-corrected chi connectivity index (χ3v) is 6.98. The third-order valence-electron chi connectivity index (χ3n) is 6.01. The minimum absolute atomic E-state index is 0.0409. The maximum Gasteiger partial charge on any atom is 0.225 e. The molecule has 0 fully saturated rings. The Labute approximate surface area is 179 Å². The molecule has 0 saturated carbocycles. The quantitative estimate of drug-likeness (QED) is 0.158. The molecule has 0 aromatic carbocycles. The first-order valence-electron chi connectivity index (χ1n) is 11.3. The molecule has 0 aliphatic carbocycles. The van der Waals surface area contributed by atoms with Crippen LogP contribution in [-0.4, -0.2) is 12.5 Å². The number of halogens is 1. The summed E-state index contributed by atoms with van der Waals surface area (Å²) in [5.74, 6) is 7.65. The number of hydrogen-bond donors (Lipinski definition) is 0. The van der Waals surface area contributed by atoms with Gasteiger partial charge in [0, 0.05) is 12.5 Å². The van der Waals surface area contributed by atoms with Gasteiger partial charge in [0.2, 0.25) is 6.35 Å². The van der Waals surface area contributed by atoms with Crippen LogP contribution in [0.5, 0.6) is 0 Å². The summed E-state index contributed by atoms with van der Waals surface area (Å²) in [4.78, 5) is 0. The van der Waals surface area contributed by atoms with Gasteiger partial charge in [0.05, 0.1) is 0 Å². The van der Waals surface area contributed by atoms with E-state index >= 15 is 0 Å². The molecular weight excluding hydrogens is 395 g/mol. The van der Waals surface area contributed by atoms with E-state index in [1.807, 2.05) is 0 Å². The van der Waals surface area contributed by atoms with E-state index in [1.165, 1.54) is 49.3 Å². The van der Waals surface area contributed by atoms with E-state index in [0.29, 0.717) is 5.92 Å². The third kappa shape index (κ3) is 8.78. The Morgan fingerprint density at radius 2 is 1.59 bits per heavy atom. The largest absolute Gasteiger partial charge is 0.574 e. The zero-order chi connectivity index (χ0) is 20.9. The average molecular weight is 440 g/mol. The van der Waals surface area contributed by atoms with Crippen LogP contribution >= 0.6 is 15.9 Å². The summed E-state index contributed by atoms with van der Waals surface area (Å²) in [6, 6.07) is 0. The number of hydrogen-bond acceptors (Lipinski definition) is 1. The Hall–Kier alpha value is -0.195. The lowest BCUT2D eigenvalue weighted by Gasteiger charge is -2.54. The van der Waals surface area contributed by atoms with Crippen LogP contribution in [0.3, 0.4) is 0 Å². The van der Waals surface area contributed by atoms with Crippen LogP contribution in [-0.2, 0) is 4.65 Å². The van der Waals surface area contributed by atoms with E-state index < -0.39 is 6.35 Å². The van der Waals surface area contributed by atoms with Crippen molar-refractivity contribution in [1.82, 2.24) is 0 Å². The molecule has 0 saturated heterocycles. The maximum atomic E-state index is 6.68. The average Bonchev–Trinajstić information content (AvgIpc) is 2.59. The van der Waals surface area contributed by atoms with Gasteiger partial charge in [-0.1, -0.05) is 95.5 Å². The minimum Gasteiger partial charge on any atom is -0.574 e. The van der Waals surface area contributed by atoms with Gasteiger partial charge >= 0.3 is 0 Å². The molecular formula is C24H45BBrO-. The molecule has 158 valence electrons. The van der Waals surface area contributed by atoms with Gasteiger partial charge in [-0.3, -0.25) is 5.82 Å². The summed E-state index contributed by atoms with van der Waals surface area (Å²) in [6.45, 7) is 18.0. The number of unbranched alkanes of at least 4 members (excludes halogenated alkanes) is 7. The molecule has 0 N–H and O–H groups in total. The Bertz CT molecular complexity index is 484. The SMILES string of the molecule is CCCCCC#C[B-](OC(C)C)(/C(Br)=C/CCCCCC)C(C)(C)C(C)C. The lowest BCUT2D eigenvalue weighted by atomic mass is 9.24. The molecule has 1 unspecified atom stereocenters. The van der Waals surface area contributed by atoms with Crippen molar-refractivity contribution in [3.63, 3.8) is 0 Å². The van der Waals surface area contributed by atoms with Crippen LogP contribution in [0.1, 0.15) is 113 Å². The topological polar surface area (TPSA) is 9.23 Å². The summed E-state index contributed by atoms with van der Waals surface area (Å²) in [5.41, 5.74) is 0. The van der Waals surface area contributed by atoms with Gasteiger partial charge in [-0.25, -0.2) is 0 Å². The molecule has 0 aliphatic rings. The lowest BCUT2D eigenvalue weighted by Crippen LogP contribution is -2.52. The molecule has 1 nitrogen and oxygen atoms in total. The van der Waals surface area contributed by atoms with Crippen molar-refractivity contribution in [2.75, 3.05) is 0 Å². The van der Waals surface area contributed by atoms with Crippen molar-refractivity contribution in [2.45, 2.75) is 125 Å². The lowest BCUT2D eigenvalue weighted by molar-refractivity contribution is 0.213. The highest BCUT2D eigenvalue weighted by Gasteiger charge is 2.43. The van der Waals surface area contributed by atoms with E-state index in [9.17, 15) is 0 Å². The fourth-order valence-electron chi connectivity index (χ4n) is 3.42. The minimum atomic E-state index is -1.43. The van der Waals surface area contributed by atoms with Crippen LogP contribution < -0.4 is 0 Å². The number of rotatable bonds is 13. The zero-order valence-electron chi connectivity index (χ0n) is 19.5. The van der Waals surface area contributed by atoms with Crippen LogP contribution in [0, 0.1) is 17.7 Å². The Kier molecular flexibility index (Phi) is 13.8. The van der Waals surface area contributed by atoms with Crippen molar-refractivity contribution < 1.29 is 4.65 Å².